The predicted octanol–water partition coefficient (Wildman–Crippen LogP) is 4.81. The molecular formula is C25H26FN3O3. The van der Waals surface area contributed by atoms with Crippen molar-refractivity contribution < 1.29 is 18.7 Å². The standard InChI is InChI=1S/C25H26FN3O3/c1-17-14-21(15-23(28-17)18-10-12-27-13-11-18)32-20-8-6-19(7-9-20)29-25(30)16-31-24-5-3-2-4-22(24)26/h2-9,14-15,18,27H,10-13,16H2,1H3,(H,29,30). The van der Waals surface area contributed by atoms with Crippen LogP contribution in [0.1, 0.15) is 30.1 Å². The number of amides is 1. The van der Waals surface area contributed by atoms with E-state index in [1.54, 1.807) is 36.4 Å². The molecule has 0 radical (unpaired) electrons. The lowest BCUT2D eigenvalue weighted by Crippen LogP contribution is -2.27. The maximum Gasteiger partial charge on any atom is 0.262 e. The summed E-state index contributed by atoms with van der Waals surface area (Å²) in [6, 6.07) is 17.0. The molecule has 1 amide bonds. The van der Waals surface area contributed by atoms with Gasteiger partial charge in [0.25, 0.3) is 5.91 Å². The van der Waals surface area contributed by atoms with Gasteiger partial charge in [-0.2, -0.15) is 0 Å². The number of halogens is 1. The summed E-state index contributed by atoms with van der Waals surface area (Å²) in [5.41, 5.74) is 2.59. The van der Waals surface area contributed by atoms with Crippen molar-refractivity contribution in [3.8, 4) is 17.2 Å². The summed E-state index contributed by atoms with van der Waals surface area (Å²) in [6.45, 7) is 3.71. The Balaban J connectivity index is 1.34. The van der Waals surface area contributed by atoms with E-state index in [-0.39, 0.29) is 18.3 Å². The van der Waals surface area contributed by atoms with Gasteiger partial charge in [-0.1, -0.05) is 12.1 Å². The minimum absolute atomic E-state index is 0.0444. The molecule has 1 aliphatic heterocycles. The summed E-state index contributed by atoms with van der Waals surface area (Å²) in [4.78, 5) is 16.8. The molecule has 0 bridgehead atoms. The van der Waals surface area contributed by atoms with Crippen LogP contribution < -0.4 is 20.1 Å². The van der Waals surface area contributed by atoms with Gasteiger partial charge < -0.3 is 20.1 Å². The number of para-hydroxylation sites is 1. The molecule has 0 unspecified atom stereocenters. The molecule has 7 heteroatoms. The number of piperidine rings is 1. The van der Waals surface area contributed by atoms with E-state index in [0.717, 1.165) is 43.1 Å². The molecular weight excluding hydrogens is 409 g/mol. The number of nitrogens with one attached hydrogen (secondary N) is 2. The number of rotatable bonds is 7. The number of hydrogen-bond acceptors (Lipinski definition) is 5. The van der Waals surface area contributed by atoms with Gasteiger partial charge in [0.1, 0.15) is 11.5 Å². The summed E-state index contributed by atoms with van der Waals surface area (Å²) in [5, 5.41) is 6.10. The number of benzene rings is 2. The molecule has 0 atom stereocenters. The van der Waals surface area contributed by atoms with Crippen molar-refractivity contribution in [2.45, 2.75) is 25.7 Å². The van der Waals surface area contributed by atoms with Gasteiger partial charge in [-0.3, -0.25) is 9.78 Å². The van der Waals surface area contributed by atoms with E-state index in [9.17, 15) is 9.18 Å². The number of aromatic nitrogens is 1. The predicted molar refractivity (Wildman–Crippen MR) is 121 cm³/mol. The first-order chi connectivity index (χ1) is 15.6. The Morgan fingerprint density at radius 1 is 1.09 bits per heavy atom. The number of aryl methyl sites for hydroxylation is 1. The molecule has 166 valence electrons. The third-order valence-electron chi connectivity index (χ3n) is 5.27. The van der Waals surface area contributed by atoms with Crippen LogP contribution in [0.15, 0.2) is 60.7 Å². The Labute approximate surface area is 186 Å². The Hall–Kier alpha value is -3.45. The molecule has 4 rings (SSSR count). The first kappa shape index (κ1) is 21.8. The molecule has 2 heterocycles. The van der Waals surface area contributed by atoms with Crippen molar-refractivity contribution in [2.24, 2.45) is 0 Å². The fourth-order valence-electron chi connectivity index (χ4n) is 3.69. The van der Waals surface area contributed by atoms with Crippen molar-refractivity contribution in [2.75, 3.05) is 25.0 Å². The highest BCUT2D eigenvalue weighted by atomic mass is 19.1. The van der Waals surface area contributed by atoms with Gasteiger partial charge in [0.15, 0.2) is 18.2 Å². The van der Waals surface area contributed by atoms with Crippen LogP contribution >= 0.6 is 0 Å². The average molecular weight is 435 g/mol. The molecule has 0 spiro atoms. The quantitative estimate of drug-likeness (QED) is 0.557. The number of anilines is 1. The zero-order chi connectivity index (χ0) is 22.3. The number of hydrogen-bond donors (Lipinski definition) is 2. The zero-order valence-corrected chi connectivity index (χ0v) is 17.9. The lowest BCUT2D eigenvalue weighted by Gasteiger charge is -2.22. The number of ether oxygens (including phenoxy) is 2. The Morgan fingerprint density at radius 2 is 1.84 bits per heavy atom. The third-order valence-corrected chi connectivity index (χ3v) is 5.27. The van der Waals surface area contributed by atoms with Gasteiger partial charge >= 0.3 is 0 Å². The van der Waals surface area contributed by atoms with Crippen LogP contribution in [0.4, 0.5) is 10.1 Å². The summed E-state index contributed by atoms with van der Waals surface area (Å²) < 4.78 is 24.8. The third kappa shape index (κ3) is 5.82. The highest BCUT2D eigenvalue weighted by Gasteiger charge is 2.18. The lowest BCUT2D eigenvalue weighted by atomic mass is 9.94. The van der Waals surface area contributed by atoms with Gasteiger partial charge in [0.05, 0.1) is 0 Å². The second kappa shape index (κ2) is 10.2. The fourth-order valence-corrected chi connectivity index (χ4v) is 3.69. The van der Waals surface area contributed by atoms with Crippen LogP contribution in [-0.2, 0) is 4.79 Å². The summed E-state index contributed by atoms with van der Waals surface area (Å²) in [6.07, 6.45) is 2.15. The molecule has 0 aliphatic carbocycles. The highest BCUT2D eigenvalue weighted by Crippen LogP contribution is 2.30. The van der Waals surface area contributed by atoms with Gasteiger partial charge in [-0.05, 0) is 69.3 Å². The molecule has 32 heavy (non-hydrogen) atoms. The lowest BCUT2D eigenvalue weighted by molar-refractivity contribution is -0.118. The van der Waals surface area contributed by atoms with Crippen molar-refractivity contribution in [3.05, 3.63) is 77.9 Å². The van der Waals surface area contributed by atoms with Crippen molar-refractivity contribution in [1.82, 2.24) is 10.3 Å². The average Bonchev–Trinajstić information content (AvgIpc) is 2.80. The SMILES string of the molecule is Cc1cc(Oc2ccc(NC(=O)COc3ccccc3F)cc2)cc(C2CCNCC2)n1. The Kier molecular flexibility index (Phi) is 6.97. The maximum absolute atomic E-state index is 13.6. The minimum Gasteiger partial charge on any atom is -0.481 e. The Morgan fingerprint density at radius 3 is 2.59 bits per heavy atom. The van der Waals surface area contributed by atoms with E-state index in [1.807, 2.05) is 19.1 Å². The second-order valence-corrected chi connectivity index (χ2v) is 7.79. The number of carbonyl (C=O) groups is 1. The molecule has 1 aliphatic rings. The summed E-state index contributed by atoms with van der Waals surface area (Å²) in [7, 11) is 0. The number of nitrogens with zero attached hydrogens (tertiary/aromatic N) is 1. The molecule has 1 fully saturated rings. The normalized spacial score (nSPS) is 14.1. The first-order valence-electron chi connectivity index (χ1n) is 10.7. The molecule has 0 saturated carbocycles. The van der Waals surface area contributed by atoms with Gasteiger partial charge in [0, 0.05) is 35.1 Å². The monoisotopic (exact) mass is 435 g/mol. The van der Waals surface area contributed by atoms with Crippen molar-refractivity contribution >= 4 is 11.6 Å². The van der Waals surface area contributed by atoms with Crippen LogP contribution in [0, 0.1) is 12.7 Å². The largest absolute Gasteiger partial charge is 0.481 e. The fraction of sp³-hybridized carbons (Fsp3) is 0.280. The van der Waals surface area contributed by atoms with E-state index in [2.05, 4.69) is 10.6 Å². The van der Waals surface area contributed by atoms with Crippen molar-refractivity contribution in [3.63, 3.8) is 0 Å². The van der Waals surface area contributed by atoms with Crippen molar-refractivity contribution in [1.29, 1.82) is 0 Å². The van der Waals surface area contributed by atoms with E-state index in [0.29, 0.717) is 17.4 Å². The van der Waals surface area contributed by atoms with E-state index >= 15 is 0 Å². The van der Waals surface area contributed by atoms with E-state index in [4.69, 9.17) is 14.5 Å². The topological polar surface area (TPSA) is 72.5 Å². The molecule has 2 N–H and O–H groups in total. The van der Waals surface area contributed by atoms with Crippen LogP contribution in [0.25, 0.3) is 0 Å². The summed E-state index contributed by atoms with van der Waals surface area (Å²) in [5.74, 6) is 1.02. The Bertz CT molecular complexity index is 1070. The van der Waals surface area contributed by atoms with Crippen LogP contribution in [0.2, 0.25) is 0 Å². The number of carbonyl (C=O) groups excluding carboxylic acids is 1. The van der Waals surface area contributed by atoms with Crippen LogP contribution in [-0.4, -0.2) is 30.6 Å². The van der Waals surface area contributed by atoms with Crippen LogP contribution in [0.3, 0.4) is 0 Å². The smallest absolute Gasteiger partial charge is 0.262 e. The second-order valence-electron chi connectivity index (χ2n) is 7.79. The summed E-state index contributed by atoms with van der Waals surface area (Å²) >= 11 is 0. The van der Waals surface area contributed by atoms with Crippen LogP contribution in [0.5, 0.6) is 17.2 Å². The maximum atomic E-state index is 13.6. The first-order valence-corrected chi connectivity index (χ1v) is 10.7. The number of pyridine rings is 1. The minimum atomic E-state index is -0.503. The molecule has 3 aromatic rings. The van der Waals surface area contributed by atoms with Gasteiger partial charge in [-0.25, -0.2) is 4.39 Å². The molecule has 1 saturated heterocycles. The van der Waals surface area contributed by atoms with E-state index < -0.39 is 5.82 Å². The van der Waals surface area contributed by atoms with Gasteiger partial charge in [0.2, 0.25) is 0 Å². The zero-order valence-electron chi connectivity index (χ0n) is 17.9. The molecule has 1 aromatic heterocycles. The molecule has 6 nitrogen and oxygen atoms in total. The van der Waals surface area contributed by atoms with E-state index in [1.165, 1.54) is 12.1 Å². The molecule has 2 aromatic carbocycles. The highest BCUT2D eigenvalue weighted by molar-refractivity contribution is 5.91. The van der Waals surface area contributed by atoms with Gasteiger partial charge in [-0.15, -0.1) is 0 Å².